The molecule has 0 radical (unpaired) electrons. The van der Waals surface area contributed by atoms with Crippen LogP contribution >= 0.6 is 0 Å². The summed E-state index contributed by atoms with van der Waals surface area (Å²) in [6.07, 6.45) is -2.06. The van der Waals surface area contributed by atoms with Crippen molar-refractivity contribution in [2.24, 2.45) is 5.92 Å². The number of halogens is 3. The second-order valence-electron chi connectivity index (χ2n) is 5.43. The van der Waals surface area contributed by atoms with Crippen LogP contribution in [0.25, 0.3) is 0 Å². The fourth-order valence-corrected chi connectivity index (χ4v) is 2.72. The van der Waals surface area contributed by atoms with Crippen molar-refractivity contribution in [1.82, 2.24) is 9.88 Å². The van der Waals surface area contributed by atoms with Gasteiger partial charge in [0.25, 0.3) is 5.91 Å². The Balaban J connectivity index is 2.29. The van der Waals surface area contributed by atoms with Gasteiger partial charge in [-0.1, -0.05) is 0 Å². The Morgan fingerprint density at radius 3 is 2.60 bits per heavy atom. The quantitative estimate of drug-likeness (QED) is 0.864. The monoisotopic (exact) mass is 288 g/mol. The summed E-state index contributed by atoms with van der Waals surface area (Å²) in [4.78, 5) is 17.2. The molecule has 1 saturated heterocycles. The van der Waals surface area contributed by atoms with E-state index in [-0.39, 0.29) is 24.3 Å². The van der Waals surface area contributed by atoms with Crippen molar-refractivity contribution >= 4 is 5.91 Å². The number of alkyl halides is 3. The molecule has 110 valence electrons. The molecular formula is C13H15F3N2O2. The molecule has 1 aliphatic rings. The molecule has 1 amide bonds. The molecule has 1 fully saturated rings. The third-order valence-electron chi connectivity index (χ3n) is 3.80. The number of aromatic nitrogens is 1. The summed E-state index contributed by atoms with van der Waals surface area (Å²) >= 11 is 0. The van der Waals surface area contributed by atoms with Crippen LogP contribution in [-0.4, -0.2) is 39.2 Å². The van der Waals surface area contributed by atoms with Gasteiger partial charge in [-0.15, -0.1) is 0 Å². The molecule has 0 bridgehead atoms. The number of carbonyl (C=O) groups is 1. The summed E-state index contributed by atoms with van der Waals surface area (Å²) in [7, 11) is 0. The molecule has 7 heteroatoms. The Labute approximate surface area is 114 Å². The molecule has 0 aliphatic carbocycles. The van der Waals surface area contributed by atoms with E-state index in [0.717, 1.165) is 6.20 Å². The van der Waals surface area contributed by atoms with Gasteiger partial charge in [0.15, 0.2) is 0 Å². The minimum Gasteiger partial charge on any atom is -0.506 e. The number of amides is 1. The van der Waals surface area contributed by atoms with E-state index in [1.807, 2.05) is 0 Å². The van der Waals surface area contributed by atoms with Crippen LogP contribution in [0.3, 0.4) is 0 Å². The lowest BCUT2D eigenvalue weighted by molar-refractivity contribution is -0.189. The van der Waals surface area contributed by atoms with Crippen molar-refractivity contribution in [3.63, 3.8) is 0 Å². The van der Waals surface area contributed by atoms with Crippen LogP contribution in [0.5, 0.6) is 5.75 Å². The van der Waals surface area contributed by atoms with Gasteiger partial charge in [0, 0.05) is 18.3 Å². The van der Waals surface area contributed by atoms with Crippen LogP contribution in [0, 0.1) is 5.92 Å². The summed E-state index contributed by atoms with van der Waals surface area (Å²) in [5.74, 6) is -2.30. The molecule has 2 rings (SSSR count). The highest BCUT2D eigenvalue weighted by Crippen LogP contribution is 2.45. The topological polar surface area (TPSA) is 53.4 Å². The largest absolute Gasteiger partial charge is 0.506 e. The average molecular weight is 288 g/mol. The fraction of sp³-hybridized carbons (Fsp3) is 0.538. The van der Waals surface area contributed by atoms with Crippen molar-refractivity contribution in [1.29, 1.82) is 0 Å². The first kappa shape index (κ1) is 14.6. The minimum absolute atomic E-state index is 0.0334. The standard InChI is InChI=1S/C13H15F3N2O2/c1-12(2)10(13(14,15)16)3-4-18(12)11(20)8-5-9(19)7-17-6-8/h5-7,10,19H,3-4H2,1-2H3. The van der Waals surface area contributed by atoms with E-state index in [2.05, 4.69) is 4.98 Å². The number of hydrogen-bond donors (Lipinski definition) is 1. The predicted octanol–water partition coefficient (Wildman–Crippen LogP) is 2.59. The van der Waals surface area contributed by atoms with Crippen LogP contribution in [0.4, 0.5) is 13.2 Å². The summed E-state index contributed by atoms with van der Waals surface area (Å²) in [6.45, 7) is 2.85. The van der Waals surface area contributed by atoms with Gasteiger partial charge < -0.3 is 10.0 Å². The maximum atomic E-state index is 13.0. The molecule has 1 atom stereocenters. The molecule has 1 aromatic rings. The number of rotatable bonds is 1. The molecule has 1 aromatic heterocycles. The molecule has 0 spiro atoms. The first-order valence-corrected chi connectivity index (χ1v) is 6.16. The zero-order valence-electron chi connectivity index (χ0n) is 11.1. The van der Waals surface area contributed by atoms with E-state index in [0.29, 0.717) is 0 Å². The number of carbonyl (C=O) groups excluding carboxylic acids is 1. The lowest BCUT2D eigenvalue weighted by Crippen LogP contribution is -2.49. The Kier molecular flexibility index (Phi) is 3.39. The van der Waals surface area contributed by atoms with Crippen LogP contribution < -0.4 is 0 Å². The highest BCUT2D eigenvalue weighted by molar-refractivity contribution is 5.95. The zero-order chi connectivity index (χ0) is 15.1. The second-order valence-corrected chi connectivity index (χ2v) is 5.43. The molecule has 1 unspecified atom stereocenters. The Morgan fingerprint density at radius 2 is 2.10 bits per heavy atom. The van der Waals surface area contributed by atoms with Gasteiger partial charge in [0.2, 0.25) is 0 Å². The smallest absolute Gasteiger partial charge is 0.394 e. The third kappa shape index (κ3) is 2.44. The van der Waals surface area contributed by atoms with Gasteiger partial charge in [-0.25, -0.2) is 0 Å². The molecule has 0 saturated carbocycles. The number of aromatic hydroxyl groups is 1. The van der Waals surface area contributed by atoms with Crippen molar-refractivity contribution in [3.05, 3.63) is 24.0 Å². The van der Waals surface area contributed by atoms with Gasteiger partial charge in [0.1, 0.15) is 5.75 Å². The average Bonchev–Trinajstić information content (AvgIpc) is 2.63. The lowest BCUT2D eigenvalue weighted by atomic mass is 9.87. The summed E-state index contributed by atoms with van der Waals surface area (Å²) in [6, 6.07) is 1.20. The van der Waals surface area contributed by atoms with Crippen molar-refractivity contribution in [2.75, 3.05) is 6.54 Å². The zero-order valence-corrected chi connectivity index (χ0v) is 11.1. The molecule has 1 N–H and O–H groups in total. The highest BCUT2D eigenvalue weighted by Gasteiger charge is 2.56. The fourth-order valence-electron chi connectivity index (χ4n) is 2.72. The van der Waals surface area contributed by atoms with E-state index in [4.69, 9.17) is 0 Å². The first-order chi connectivity index (χ1) is 9.14. The molecule has 2 heterocycles. The maximum Gasteiger partial charge on any atom is 0.394 e. The maximum absolute atomic E-state index is 13.0. The van der Waals surface area contributed by atoms with Gasteiger partial charge in [-0.05, 0) is 26.3 Å². The van der Waals surface area contributed by atoms with E-state index in [9.17, 15) is 23.1 Å². The van der Waals surface area contributed by atoms with E-state index >= 15 is 0 Å². The second kappa shape index (κ2) is 4.64. The van der Waals surface area contributed by atoms with Crippen molar-refractivity contribution in [3.8, 4) is 5.75 Å². The van der Waals surface area contributed by atoms with Gasteiger partial charge in [-0.3, -0.25) is 9.78 Å². The normalized spacial score (nSPS) is 22.1. The lowest BCUT2D eigenvalue weighted by Gasteiger charge is -2.36. The van der Waals surface area contributed by atoms with E-state index in [1.54, 1.807) is 0 Å². The van der Waals surface area contributed by atoms with Gasteiger partial charge in [0.05, 0.1) is 17.7 Å². The number of nitrogens with zero attached hydrogens (tertiary/aromatic N) is 2. The molecule has 4 nitrogen and oxygen atoms in total. The van der Waals surface area contributed by atoms with Crippen molar-refractivity contribution in [2.45, 2.75) is 32.0 Å². The summed E-state index contributed by atoms with van der Waals surface area (Å²) in [5, 5.41) is 9.30. The number of likely N-dealkylation sites (tertiary alicyclic amines) is 1. The highest BCUT2D eigenvalue weighted by atomic mass is 19.4. The van der Waals surface area contributed by atoms with Crippen LogP contribution in [0.15, 0.2) is 18.5 Å². The minimum atomic E-state index is -4.34. The van der Waals surface area contributed by atoms with Gasteiger partial charge in [-0.2, -0.15) is 13.2 Å². The molecule has 0 aromatic carbocycles. The SMILES string of the molecule is CC1(C)C(C(F)(F)F)CCN1C(=O)c1cncc(O)c1. The van der Waals surface area contributed by atoms with Gasteiger partial charge >= 0.3 is 6.18 Å². The van der Waals surface area contributed by atoms with Crippen molar-refractivity contribution < 1.29 is 23.1 Å². The van der Waals surface area contributed by atoms with Crippen LogP contribution in [-0.2, 0) is 0 Å². The Hall–Kier alpha value is -1.79. The van der Waals surface area contributed by atoms with E-state index in [1.165, 1.54) is 31.0 Å². The summed E-state index contributed by atoms with van der Waals surface area (Å²) < 4.78 is 38.9. The van der Waals surface area contributed by atoms with E-state index < -0.39 is 23.5 Å². The predicted molar refractivity (Wildman–Crippen MR) is 65.2 cm³/mol. The number of hydrogen-bond acceptors (Lipinski definition) is 3. The Bertz CT molecular complexity index is 529. The van der Waals surface area contributed by atoms with Crippen LogP contribution in [0.2, 0.25) is 0 Å². The summed E-state index contributed by atoms with van der Waals surface area (Å²) in [5.41, 5.74) is -1.23. The third-order valence-corrected chi connectivity index (χ3v) is 3.80. The van der Waals surface area contributed by atoms with Crippen LogP contribution in [0.1, 0.15) is 30.6 Å². The molecular weight excluding hydrogens is 273 g/mol. The first-order valence-electron chi connectivity index (χ1n) is 6.16. The Morgan fingerprint density at radius 1 is 1.45 bits per heavy atom. The molecule has 20 heavy (non-hydrogen) atoms. The molecule has 1 aliphatic heterocycles. The number of pyridine rings is 1.